The van der Waals surface area contributed by atoms with Crippen LogP contribution < -0.4 is 5.32 Å². The van der Waals surface area contributed by atoms with Gasteiger partial charge in [-0.25, -0.2) is 4.79 Å². The number of hydrogen-bond acceptors (Lipinski definition) is 3. The van der Waals surface area contributed by atoms with Gasteiger partial charge in [0.15, 0.2) is 0 Å². The molecule has 0 bridgehead atoms. The molecular weight excluding hydrogens is 258 g/mol. The highest BCUT2D eigenvalue weighted by atomic mass is 35.5. The normalized spacial score (nSPS) is 11.7. The topological polar surface area (TPSA) is 38.3 Å². The maximum absolute atomic E-state index is 11.6. The molecule has 5 heteroatoms. The zero-order chi connectivity index (χ0) is 13.2. The van der Waals surface area contributed by atoms with Crippen molar-refractivity contribution in [2.75, 3.05) is 5.32 Å². The first-order valence-corrected chi connectivity index (χ1v) is 6.67. The van der Waals surface area contributed by atoms with Crippen molar-refractivity contribution in [2.45, 2.75) is 46.1 Å². The van der Waals surface area contributed by atoms with Gasteiger partial charge in [-0.3, -0.25) is 5.32 Å². The van der Waals surface area contributed by atoms with E-state index in [-0.39, 0.29) is 0 Å². The fourth-order valence-electron chi connectivity index (χ4n) is 1.31. The van der Waals surface area contributed by atoms with Crippen LogP contribution in [0.15, 0.2) is 6.07 Å². The maximum Gasteiger partial charge on any atom is 0.412 e. The lowest BCUT2D eigenvalue weighted by Crippen LogP contribution is -2.27. The van der Waals surface area contributed by atoms with Crippen LogP contribution in [0.5, 0.6) is 0 Å². The lowest BCUT2D eigenvalue weighted by molar-refractivity contribution is 0.0636. The Hall–Kier alpha value is -0.740. The van der Waals surface area contributed by atoms with Crippen molar-refractivity contribution in [2.24, 2.45) is 0 Å². The molecule has 0 saturated heterocycles. The number of thiophene rings is 1. The van der Waals surface area contributed by atoms with Crippen LogP contribution in [0.4, 0.5) is 10.5 Å². The van der Waals surface area contributed by atoms with E-state index >= 15 is 0 Å². The van der Waals surface area contributed by atoms with Gasteiger partial charge in [0.25, 0.3) is 0 Å². The molecule has 96 valence electrons. The largest absolute Gasteiger partial charge is 0.444 e. The number of anilines is 1. The minimum atomic E-state index is -0.498. The van der Waals surface area contributed by atoms with E-state index < -0.39 is 11.7 Å². The zero-order valence-electron chi connectivity index (χ0n) is 10.8. The van der Waals surface area contributed by atoms with Gasteiger partial charge in [0, 0.05) is 4.88 Å². The van der Waals surface area contributed by atoms with Gasteiger partial charge in [-0.05, 0) is 32.8 Å². The number of hydrogen-bond donors (Lipinski definition) is 1. The molecule has 0 fully saturated rings. The summed E-state index contributed by atoms with van der Waals surface area (Å²) in [6.07, 6.45) is -0.450. The van der Waals surface area contributed by atoms with Crippen molar-refractivity contribution in [3.63, 3.8) is 0 Å². The van der Waals surface area contributed by atoms with Gasteiger partial charge in [0.2, 0.25) is 0 Å². The Morgan fingerprint density at radius 2 is 2.06 bits per heavy atom. The number of nitrogens with one attached hydrogen (secondary N) is 1. The Balaban J connectivity index is 2.78. The summed E-state index contributed by atoms with van der Waals surface area (Å²) in [5.41, 5.74) is 0.242. The molecule has 0 saturated carbocycles. The molecular formula is C12H18ClNO2S. The monoisotopic (exact) mass is 275 g/mol. The van der Waals surface area contributed by atoms with Crippen LogP contribution in [0.2, 0.25) is 4.34 Å². The third kappa shape index (κ3) is 4.56. The van der Waals surface area contributed by atoms with Crippen LogP contribution >= 0.6 is 22.9 Å². The van der Waals surface area contributed by atoms with Gasteiger partial charge in [0.1, 0.15) is 5.60 Å². The first-order valence-electron chi connectivity index (χ1n) is 5.48. The quantitative estimate of drug-likeness (QED) is 0.836. The standard InChI is InChI=1S/C12H18ClNO2S/c1-7(2)10-8(6-9(13)17-10)14-11(15)16-12(3,4)5/h6-7H,1-5H3,(H,14,15). The van der Waals surface area contributed by atoms with Gasteiger partial charge in [-0.1, -0.05) is 25.4 Å². The zero-order valence-corrected chi connectivity index (χ0v) is 12.3. The summed E-state index contributed by atoms with van der Waals surface area (Å²) < 4.78 is 5.86. The molecule has 1 rings (SSSR count). The van der Waals surface area contributed by atoms with E-state index in [9.17, 15) is 4.79 Å². The van der Waals surface area contributed by atoms with E-state index in [0.717, 1.165) is 10.6 Å². The van der Waals surface area contributed by atoms with Gasteiger partial charge < -0.3 is 4.74 Å². The summed E-state index contributed by atoms with van der Waals surface area (Å²) in [5.74, 6) is 0.317. The van der Waals surface area contributed by atoms with E-state index in [1.807, 2.05) is 20.8 Å². The summed E-state index contributed by atoms with van der Waals surface area (Å²) >= 11 is 7.43. The third-order valence-electron chi connectivity index (χ3n) is 1.89. The van der Waals surface area contributed by atoms with Crippen molar-refractivity contribution in [1.82, 2.24) is 0 Å². The van der Waals surface area contributed by atoms with E-state index in [0.29, 0.717) is 10.3 Å². The van der Waals surface area contributed by atoms with E-state index in [4.69, 9.17) is 16.3 Å². The fraction of sp³-hybridized carbons (Fsp3) is 0.583. The fourth-order valence-corrected chi connectivity index (χ4v) is 2.52. The maximum atomic E-state index is 11.6. The van der Waals surface area contributed by atoms with Crippen molar-refractivity contribution in [3.8, 4) is 0 Å². The van der Waals surface area contributed by atoms with E-state index in [1.165, 1.54) is 11.3 Å². The van der Waals surface area contributed by atoms with Gasteiger partial charge >= 0.3 is 6.09 Å². The third-order valence-corrected chi connectivity index (χ3v) is 3.46. The molecule has 1 heterocycles. The molecule has 0 unspecified atom stereocenters. The minimum absolute atomic E-state index is 0.317. The predicted molar refractivity (Wildman–Crippen MR) is 73.3 cm³/mol. The second kappa shape index (κ2) is 5.27. The Morgan fingerprint density at radius 1 is 1.47 bits per heavy atom. The molecule has 1 aromatic heterocycles. The van der Waals surface area contributed by atoms with Crippen molar-refractivity contribution < 1.29 is 9.53 Å². The van der Waals surface area contributed by atoms with Gasteiger partial charge in [-0.2, -0.15) is 0 Å². The number of rotatable bonds is 2. The number of amides is 1. The Labute approximate surface area is 111 Å². The van der Waals surface area contributed by atoms with Gasteiger partial charge in [-0.15, -0.1) is 11.3 Å². The molecule has 1 amide bonds. The average molecular weight is 276 g/mol. The summed E-state index contributed by atoms with van der Waals surface area (Å²) in [7, 11) is 0. The number of carbonyl (C=O) groups excluding carboxylic acids is 1. The first kappa shape index (κ1) is 14.3. The van der Waals surface area contributed by atoms with Crippen LogP contribution in [0, 0.1) is 0 Å². The molecule has 0 aliphatic carbocycles. The lowest BCUT2D eigenvalue weighted by Gasteiger charge is -2.20. The second-order valence-electron chi connectivity index (χ2n) is 5.11. The summed E-state index contributed by atoms with van der Waals surface area (Å²) in [6.45, 7) is 9.61. The van der Waals surface area contributed by atoms with Crippen LogP contribution in [-0.4, -0.2) is 11.7 Å². The van der Waals surface area contributed by atoms with Crippen molar-refractivity contribution in [1.29, 1.82) is 0 Å². The SMILES string of the molecule is CC(C)c1sc(Cl)cc1NC(=O)OC(C)(C)C. The molecule has 0 aromatic carbocycles. The molecule has 1 aromatic rings. The van der Waals surface area contributed by atoms with Crippen LogP contribution in [0.1, 0.15) is 45.4 Å². The molecule has 17 heavy (non-hydrogen) atoms. The summed E-state index contributed by atoms with van der Waals surface area (Å²) in [5, 5.41) is 2.73. The second-order valence-corrected chi connectivity index (χ2v) is 6.83. The van der Waals surface area contributed by atoms with Crippen LogP contribution in [0.25, 0.3) is 0 Å². The smallest absolute Gasteiger partial charge is 0.412 e. The molecule has 0 radical (unpaired) electrons. The van der Waals surface area contributed by atoms with Crippen LogP contribution in [0.3, 0.4) is 0 Å². The molecule has 0 spiro atoms. The molecule has 0 atom stereocenters. The average Bonchev–Trinajstić information content (AvgIpc) is 2.42. The first-order chi connectivity index (χ1) is 7.69. The highest BCUT2D eigenvalue weighted by Gasteiger charge is 2.19. The number of halogens is 1. The molecule has 1 N–H and O–H groups in total. The molecule has 3 nitrogen and oxygen atoms in total. The summed E-state index contributed by atoms with van der Waals surface area (Å²) in [4.78, 5) is 12.7. The molecule has 0 aliphatic heterocycles. The Morgan fingerprint density at radius 3 is 2.53 bits per heavy atom. The Bertz CT molecular complexity index is 407. The Kier molecular flexibility index (Phi) is 4.44. The highest BCUT2D eigenvalue weighted by Crippen LogP contribution is 2.36. The van der Waals surface area contributed by atoms with Crippen LogP contribution in [-0.2, 0) is 4.74 Å². The minimum Gasteiger partial charge on any atom is -0.444 e. The van der Waals surface area contributed by atoms with Crippen molar-refractivity contribution in [3.05, 3.63) is 15.3 Å². The van der Waals surface area contributed by atoms with Gasteiger partial charge in [0.05, 0.1) is 10.0 Å². The van der Waals surface area contributed by atoms with Crippen molar-refractivity contribution >= 4 is 34.7 Å². The number of ether oxygens (including phenoxy) is 1. The molecule has 0 aliphatic rings. The predicted octanol–water partition coefficient (Wildman–Crippen LogP) is 4.87. The lowest BCUT2D eigenvalue weighted by atomic mass is 10.1. The number of carbonyl (C=O) groups is 1. The summed E-state index contributed by atoms with van der Waals surface area (Å²) in [6, 6.07) is 1.76. The van der Waals surface area contributed by atoms with E-state index in [1.54, 1.807) is 6.07 Å². The highest BCUT2D eigenvalue weighted by molar-refractivity contribution is 7.16. The van der Waals surface area contributed by atoms with E-state index in [2.05, 4.69) is 19.2 Å².